The number of hydrogen-bond donors (Lipinski definition) is 1. The van der Waals surface area contributed by atoms with E-state index in [4.69, 9.17) is 0 Å². The number of nitrogens with zero attached hydrogens (tertiary/aromatic N) is 1. The van der Waals surface area contributed by atoms with E-state index in [9.17, 15) is 4.79 Å². The topological polar surface area (TPSA) is 32.3 Å². The Kier molecular flexibility index (Phi) is 2.31. The first-order valence-corrected chi connectivity index (χ1v) is 3.57. The van der Waals surface area contributed by atoms with Crippen LogP contribution in [0, 0.1) is 0 Å². The van der Waals surface area contributed by atoms with Crippen LogP contribution in [0.5, 0.6) is 0 Å². The quantitative estimate of drug-likeness (QED) is 0.554. The maximum atomic E-state index is 11.0. The van der Waals surface area contributed by atoms with Gasteiger partial charge in [0.15, 0.2) is 0 Å². The van der Waals surface area contributed by atoms with E-state index in [1.54, 1.807) is 18.1 Å². The number of carbonyl (C=O) groups excluding carboxylic acids is 1. The fourth-order valence-corrected chi connectivity index (χ4v) is 0.873. The van der Waals surface area contributed by atoms with E-state index in [2.05, 4.69) is 5.32 Å². The SMILES string of the molecule is CNC(=O)N1C=CC(C)=CC1. The van der Waals surface area contributed by atoms with Crippen LogP contribution in [-0.4, -0.2) is 24.5 Å². The molecule has 1 aliphatic rings. The Bertz CT molecular complexity index is 218. The van der Waals surface area contributed by atoms with Crippen LogP contribution in [0.15, 0.2) is 23.9 Å². The van der Waals surface area contributed by atoms with E-state index < -0.39 is 0 Å². The average Bonchev–Trinajstić information content (AvgIpc) is 2.05. The Hall–Kier alpha value is -1.25. The molecule has 3 nitrogen and oxygen atoms in total. The second-order valence-corrected chi connectivity index (χ2v) is 2.47. The van der Waals surface area contributed by atoms with Gasteiger partial charge in [-0.2, -0.15) is 0 Å². The predicted molar refractivity (Wildman–Crippen MR) is 44.1 cm³/mol. The molecular weight excluding hydrogens is 140 g/mol. The lowest BCUT2D eigenvalue weighted by molar-refractivity contribution is 0.220. The van der Waals surface area contributed by atoms with Gasteiger partial charge in [-0.1, -0.05) is 11.6 Å². The van der Waals surface area contributed by atoms with Crippen molar-refractivity contribution in [1.82, 2.24) is 10.2 Å². The van der Waals surface area contributed by atoms with Gasteiger partial charge in [-0.15, -0.1) is 0 Å². The lowest BCUT2D eigenvalue weighted by Crippen LogP contribution is -2.35. The largest absolute Gasteiger partial charge is 0.341 e. The molecule has 0 saturated carbocycles. The molecule has 0 aromatic rings. The van der Waals surface area contributed by atoms with Crippen molar-refractivity contribution in [3.63, 3.8) is 0 Å². The van der Waals surface area contributed by atoms with Gasteiger partial charge in [0.1, 0.15) is 0 Å². The van der Waals surface area contributed by atoms with Crippen LogP contribution >= 0.6 is 0 Å². The Morgan fingerprint density at radius 1 is 1.73 bits per heavy atom. The number of amides is 2. The Morgan fingerprint density at radius 2 is 2.45 bits per heavy atom. The Balaban J connectivity index is 2.55. The summed E-state index contributed by atoms with van der Waals surface area (Å²) in [7, 11) is 1.63. The van der Waals surface area contributed by atoms with Gasteiger partial charge in [0, 0.05) is 19.8 Å². The zero-order valence-corrected chi connectivity index (χ0v) is 6.79. The molecule has 0 aromatic heterocycles. The Labute approximate surface area is 66.4 Å². The van der Waals surface area contributed by atoms with Crippen LogP contribution in [-0.2, 0) is 0 Å². The number of urea groups is 1. The minimum Gasteiger partial charge on any atom is -0.341 e. The second-order valence-electron chi connectivity index (χ2n) is 2.47. The lowest BCUT2D eigenvalue weighted by Gasteiger charge is -2.18. The third-order valence-corrected chi connectivity index (χ3v) is 1.60. The average molecular weight is 152 g/mol. The summed E-state index contributed by atoms with van der Waals surface area (Å²) in [5, 5.41) is 2.56. The van der Waals surface area contributed by atoms with Gasteiger partial charge >= 0.3 is 6.03 Å². The maximum absolute atomic E-state index is 11.0. The third-order valence-electron chi connectivity index (χ3n) is 1.60. The van der Waals surface area contributed by atoms with Gasteiger partial charge in [-0.3, -0.25) is 4.90 Å². The van der Waals surface area contributed by atoms with Crippen LogP contribution in [0.2, 0.25) is 0 Å². The van der Waals surface area contributed by atoms with Crippen molar-refractivity contribution < 1.29 is 4.79 Å². The van der Waals surface area contributed by atoms with Crippen molar-refractivity contribution in [2.24, 2.45) is 0 Å². The molecule has 1 heterocycles. The van der Waals surface area contributed by atoms with Gasteiger partial charge in [0.25, 0.3) is 0 Å². The van der Waals surface area contributed by atoms with Crippen molar-refractivity contribution in [3.05, 3.63) is 23.9 Å². The van der Waals surface area contributed by atoms with Crippen LogP contribution in [0.4, 0.5) is 4.79 Å². The van der Waals surface area contributed by atoms with Crippen molar-refractivity contribution in [2.75, 3.05) is 13.6 Å². The molecule has 0 aromatic carbocycles. The first kappa shape index (κ1) is 7.85. The molecule has 1 aliphatic heterocycles. The molecule has 0 aliphatic carbocycles. The highest BCUT2D eigenvalue weighted by Gasteiger charge is 2.08. The summed E-state index contributed by atoms with van der Waals surface area (Å²) in [6.07, 6.45) is 5.71. The summed E-state index contributed by atoms with van der Waals surface area (Å²) < 4.78 is 0. The molecule has 0 fully saturated rings. The minimum atomic E-state index is -0.0648. The van der Waals surface area contributed by atoms with E-state index >= 15 is 0 Å². The first-order chi connectivity index (χ1) is 5.24. The summed E-state index contributed by atoms with van der Waals surface area (Å²) >= 11 is 0. The van der Waals surface area contributed by atoms with Crippen molar-refractivity contribution >= 4 is 6.03 Å². The van der Waals surface area contributed by atoms with Crippen molar-refractivity contribution in [3.8, 4) is 0 Å². The zero-order valence-electron chi connectivity index (χ0n) is 6.79. The molecule has 0 bridgehead atoms. The van der Waals surface area contributed by atoms with Crippen molar-refractivity contribution in [2.45, 2.75) is 6.92 Å². The zero-order chi connectivity index (χ0) is 8.27. The number of nitrogens with one attached hydrogen (secondary N) is 1. The van der Waals surface area contributed by atoms with Crippen LogP contribution in [0.1, 0.15) is 6.92 Å². The van der Waals surface area contributed by atoms with E-state index in [1.165, 1.54) is 5.57 Å². The molecule has 3 heteroatoms. The smallest absolute Gasteiger partial charge is 0.321 e. The highest BCUT2D eigenvalue weighted by Crippen LogP contribution is 2.05. The fraction of sp³-hybridized carbons (Fsp3) is 0.375. The summed E-state index contributed by atoms with van der Waals surface area (Å²) in [5.41, 5.74) is 1.20. The number of carbonyl (C=O) groups is 1. The molecule has 11 heavy (non-hydrogen) atoms. The molecule has 0 unspecified atom stereocenters. The molecule has 0 saturated heterocycles. The molecule has 1 rings (SSSR count). The minimum absolute atomic E-state index is 0.0648. The molecule has 1 N–H and O–H groups in total. The maximum Gasteiger partial charge on any atom is 0.321 e. The first-order valence-electron chi connectivity index (χ1n) is 3.57. The summed E-state index contributed by atoms with van der Waals surface area (Å²) in [6, 6.07) is -0.0648. The molecule has 2 amide bonds. The van der Waals surface area contributed by atoms with Gasteiger partial charge in [-0.05, 0) is 13.0 Å². The van der Waals surface area contributed by atoms with E-state index in [1.807, 2.05) is 19.1 Å². The van der Waals surface area contributed by atoms with Gasteiger partial charge in [0.05, 0.1) is 0 Å². The predicted octanol–water partition coefficient (Wildman–Crippen LogP) is 1.10. The van der Waals surface area contributed by atoms with Gasteiger partial charge in [-0.25, -0.2) is 4.79 Å². The van der Waals surface area contributed by atoms with Gasteiger partial charge in [0.2, 0.25) is 0 Å². The number of allylic oxidation sites excluding steroid dienone is 2. The summed E-state index contributed by atoms with van der Waals surface area (Å²) in [4.78, 5) is 12.6. The molecule has 0 spiro atoms. The summed E-state index contributed by atoms with van der Waals surface area (Å²) in [6.45, 7) is 2.68. The van der Waals surface area contributed by atoms with Gasteiger partial charge < -0.3 is 5.32 Å². The van der Waals surface area contributed by atoms with Crippen LogP contribution in [0.25, 0.3) is 0 Å². The monoisotopic (exact) mass is 152 g/mol. The highest BCUT2D eigenvalue weighted by atomic mass is 16.2. The van der Waals surface area contributed by atoms with E-state index in [-0.39, 0.29) is 6.03 Å². The molecular formula is C8H12N2O. The number of hydrogen-bond acceptors (Lipinski definition) is 1. The highest BCUT2D eigenvalue weighted by molar-refractivity contribution is 5.75. The molecule has 0 atom stereocenters. The van der Waals surface area contributed by atoms with Crippen LogP contribution in [0.3, 0.4) is 0 Å². The molecule has 0 radical (unpaired) electrons. The third kappa shape index (κ3) is 1.83. The van der Waals surface area contributed by atoms with Crippen LogP contribution < -0.4 is 5.32 Å². The summed E-state index contributed by atoms with van der Waals surface area (Å²) in [5.74, 6) is 0. The van der Waals surface area contributed by atoms with Crippen molar-refractivity contribution in [1.29, 1.82) is 0 Å². The second kappa shape index (κ2) is 3.23. The molecule has 60 valence electrons. The normalized spacial score (nSPS) is 16.2. The lowest BCUT2D eigenvalue weighted by atomic mass is 10.2. The van der Waals surface area contributed by atoms with E-state index in [0.717, 1.165) is 0 Å². The van der Waals surface area contributed by atoms with E-state index in [0.29, 0.717) is 6.54 Å². The Morgan fingerprint density at radius 3 is 2.91 bits per heavy atom. The fourth-order valence-electron chi connectivity index (χ4n) is 0.873. The number of rotatable bonds is 0. The standard InChI is InChI=1S/C8H12N2O/c1-7-3-5-10(6-4-7)8(11)9-2/h3-5H,6H2,1-2H3,(H,9,11).